The zero-order chi connectivity index (χ0) is 16.9. The summed E-state index contributed by atoms with van der Waals surface area (Å²) in [4.78, 5) is 14.1. The number of hydrogen-bond donors (Lipinski definition) is 2. The first-order valence-electron chi connectivity index (χ1n) is 8.01. The van der Waals surface area contributed by atoms with Crippen molar-refractivity contribution in [2.75, 3.05) is 20.3 Å². The fourth-order valence-electron chi connectivity index (χ4n) is 2.85. The second kappa shape index (κ2) is 7.68. The number of aromatic nitrogens is 2. The van der Waals surface area contributed by atoms with Gasteiger partial charge in [-0.1, -0.05) is 23.7 Å². The minimum atomic E-state index is -0.0786. The van der Waals surface area contributed by atoms with Crippen molar-refractivity contribution in [3.63, 3.8) is 0 Å². The van der Waals surface area contributed by atoms with Crippen molar-refractivity contribution < 1.29 is 9.53 Å². The van der Waals surface area contributed by atoms with Crippen LogP contribution in [0.5, 0.6) is 0 Å². The fourth-order valence-corrected chi connectivity index (χ4v) is 2.97. The number of amides is 2. The summed E-state index contributed by atoms with van der Waals surface area (Å²) in [5.74, 6) is 0. The summed E-state index contributed by atoms with van der Waals surface area (Å²) in [6, 6.07) is 7.67. The van der Waals surface area contributed by atoms with Crippen LogP contribution in [-0.4, -0.2) is 47.4 Å². The van der Waals surface area contributed by atoms with Gasteiger partial charge in [-0.05, 0) is 30.5 Å². The van der Waals surface area contributed by atoms with Crippen molar-refractivity contribution in [1.29, 1.82) is 0 Å². The van der Waals surface area contributed by atoms with Crippen LogP contribution in [0.3, 0.4) is 0 Å². The maximum absolute atomic E-state index is 12.4. The molecule has 128 valence electrons. The lowest BCUT2D eigenvalue weighted by Crippen LogP contribution is -2.45. The molecule has 0 aliphatic carbocycles. The zero-order valence-corrected chi connectivity index (χ0v) is 14.3. The van der Waals surface area contributed by atoms with E-state index in [1.54, 1.807) is 11.1 Å². The summed E-state index contributed by atoms with van der Waals surface area (Å²) in [5, 5.41) is 10.7. The number of carbonyl (C=O) groups is 1. The first kappa shape index (κ1) is 16.8. The van der Waals surface area contributed by atoms with Crippen molar-refractivity contribution >= 4 is 17.6 Å². The second-order valence-corrected chi connectivity index (χ2v) is 6.33. The number of carbonyl (C=O) groups excluding carboxylic acids is 1. The number of H-pyrrole nitrogens is 1. The van der Waals surface area contributed by atoms with Crippen molar-refractivity contribution in [1.82, 2.24) is 20.4 Å². The third-order valence-electron chi connectivity index (χ3n) is 4.34. The Morgan fingerprint density at radius 1 is 1.38 bits per heavy atom. The number of benzene rings is 1. The Hall–Kier alpha value is -2.05. The predicted molar refractivity (Wildman–Crippen MR) is 92.9 cm³/mol. The van der Waals surface area contributed by atoms with E-state index in [1.165, 1.54) is 0 Å². The predicted octanol–water partition coefficient (Wildman–Crippen LogP) is 3.05. The van der Waals surface area contributed by atoms with Crippen LogP contribution in [0.25, 0.3) is 11.3 Å². The molecule has 6 nitrogen and oxygen atoms in total. The van der Waals surface area contributed by atoms with E-state index in [2.05, 4.69) is 15.5 Å². The zero-order valence-electron chi connectivity index (χ0n) is 13.6. The van der Waals surface area contributed by atoms with E-state index in [0.717, 1.165) is 29.7 Å². The lowest BCUT2D eigenvalue weighted by atomic mass is 10.1. The maximum atomic E-state index is 12.4. The normalized spacial score (nSPS) is 15.2. The van der Waals surface area contributed by atoms with Crippen LogP contribution in [-0.2, 0) is 11.3 Å². The molecule has 0 saturated carbocycles. The molecule has 2 amide bonds. The fraction of sp³-hybridized carbons (Fsp3) is 0.412. The molecule has 1 aliphatic rings. The summed E-state index contributed by atoms with van der Waals surface area (Å²) in [7, 11) is 1.83. The van der Waals surface area contributed by atoms with Crippen LogP contribution in [0, 0.1) is 0 Å². The van der Waals surface area contributed by atoms with E-state index >= 15 is 0 Å². The molecule has 2 heterocycles. The topological polar surface area (TPSA) is 70.2 Å². The molecule has 0 bridgehead atoms. The Kier molecular flexibility index (Phi) is 5.37. The molecule has 1 aromatic carbocycles. The van der Waals surface area contributed by atoms with Gasteiger partial charge in [0.1, 0.15) is 0 Å². The number of ether oxygens (including phenoxy) is 1. The minimum absolute atomic E-state index is 0.0786. The Labute approximate surface area is 146 Å². The molecule has 0 radical (unpaired) electrons. The Morgan fingerprint density at radius 2 is 2.08 bits per heavy atom. The Bertz CT molecular complexity index is 680. The molecule has 2 N–H and O–H groups in total. The summed E-state index contributed by atoms with van der Waals surface area (Å²) < 4.78 is 5.34. The highest BCUT2D eigenvalue weighted by molar-refractivity contribution is 6.30. The van der Waals surface area contributed by atoms with Crippen molar-refractivity contribution in [3.8, 4) is 11.3 Å². The number of urea groups is 1. The molecule has 3 rings (SSSR count). The number of halogens is 1. The van der Waals surface area contributed by atoms with Crippen LogP contribution in [0.1, 0.15) is 18.4 Å². The number of hydrogen-bond acceptors (Lipinski definition) is 3. The number of nitrogens with zero attached hydrogens (tertiary/aromatic N) is 2. The van der Waals surface area contributed by atoms with Crippen molar-refractivity contribution in [2.45, 2.75) is 25.4 Å². The standard InChI is InChI=1S/C17H21ClN4O2/c1-22(15-6-8-24-9-7-15)17(23)19-10-13-11-20-21-16(13)12-2-4-14(18)5-3-12/h2-5,11,15H,6-10H2,1H3,(H,19,23)(H,20,21). The highest BCUT2D eigenvalue weighted by atomic mass is 35.5. The van der Waals surface area contributed by atoms with Crippen LogP contribution in [0.2, 0.25) is 5.02 Å². The van der Waals surface area contributed by atoms with Gasteiger partial charge in [-0.2, -0.15) is 5.10 Å². The quantitative estimate of drug-likeness (QED) is 0.892. The van der Waals surface area contributed by atoms with Gasteiger partial charge in [0.25, 0.3) is 0 Å². The third kappa shape index (κ3) is 3.88. The Morgan fingerprint density at radius 3 is 2.79 bits per heavy atom. The van der Waals surface area contributed by atoms with E-state index in [4.69, 9.17) is 16.3 Å². The van der Waals surface area contributed by atoms with Gasteiger partial charge in [-0.15, -0.1) is 0 Å². The molecular weight excluding hydrogens is 328 g/mol. The van der Waals surface area contributed by atoms with Crippen molar-refractivity contribution in [2.24, 2.45) is 0 Å². The van der Waals surface area contributed by atoms with Crippen molar-refractivity contribution in [3.05, 3.63) is 41.0 Å². The lowest BCUT2D eigenvalue weighted by Gasteiger charge is -2.31. The van der Waals surface area contributed by atoms with E-state index in [0.29, 0.717) is 24.8 Å². The SMILES string of the molecule is CN(C(=O)NCc1cn[nH]c1-c1ccc(Cl)cc1)C1CCOCC1. The van der Waals surface area contributed by atoms with Gasteiger partial charge in [-0.25, -0.2) is 4.79 Å². The maximum Gasteiger partial charge on any atom is 0.317 e. The average molecular weight is 349 g/mol. The molecule has 0 atom stereocenters. The molecule has 1 aromatic heterocycles. The van der Waals surface area contributed by atoms with Crippen LogP contribution in [0.4, 0.5) is 4.79 Å². The highest BCUT2D eigenvalue weighted by Gasteiger charge is 2.22. The summed E-state index contributed by atoms with van der Waals surface area (Å²) in [5.41, 5.74) is 2.81. The Balaban J connectivity index is 1.61. The summed E-state index contributed by atoms with van der Waals surface area (Å²) in [6.07, 6.45) is 3.50. The van der Waals surface area contributed by atoms with Gasteiger partial charge < -0.3 is 15.0 Å². The van der Waals surface area contributed by atoms with Gasteiger partial charge in [0.2, 0.25) is 0 Å². The third-order valence-corrected chi connectivity index (χ3v) is 4.59. The van der Waals surface area contributed by atoms with E-state index in [-0.39, 0.29) is 12.1 Å². The molecule has 24 heavy (non-hydrogen) atoms. The van der Waals surface area contributed by atoms with Gasteiger partial charge in [-0.3, -0.25) is 5.10 Å². The first-order chi connectivity index (χ1) is 11.6. The smallest absolute Gasteiger partial charge is 0.317 e. The number of nitrogens with one attached hydrogen (secondary N) is 2. The first-order valence-corrected chi connectivity index (χ1v) is 8.39. The molecule has 1 fully saturated rings. The van der Waals surface area contributed by atoms with Gasteiger partial charge >= 0.3 is 6.03 Å². The average Bonchev–Trinajstić information content (AvgIpc) is 3.09. The van der Waals surface area contributed by atoms with Gasteiger partial charge in [0, 0.05) is 43.4 Å². The van der Waals surface area contributed by atoms with Crippen LogP contribution in [0.15, 0.2) is 30.5 Å². The molecule has 0 spiro atoms. The molecule has 2 aromatic rings. The van der Waals surface area contributed by atoms with Crippen LogP contribution < -0.4 is 5.32 Å². The molecule has 1 aliphatic heterocycles. The molecule has 1 saturated heterocycles. The molecular formula is C17H21ClN4O2. The monoisotopic (exact) mass is 348 g/mol. The van der Waals surface area contributed by atoms with Gasteiger partial charge in [0.05, 0.1) is 11.9 Å². The number of aromatic amines is 1. The number of rotatable bonds is 4. The van der Waals surface area contributed by atoms with Gasteiger partial charge in [0.15, 0.2) is 0 Å². The lowest BCUT2D eigenvalue weighted by molar-refractivity contribution is 0.0525. The minimum Gasteiger partial charge on any atom is -0.381 e. The summed E-state index contributed by atoms with van der Waals surface area (Å²) in [6.45, 7) is 1.84. The van der Waals surface area contributed by atoms with E-state index < -0.39 is 0 Å². The van der Waals surface area contributed by atoms with E-state index in [1.807, 2.05) is 31.3 Å². The molecule has 7 heteroatoms. The van der Waals surface area contributed by atoms with E-state index in [9.17, 15) is 4.79 Å². The second-order valence-electron chi connectivity index (χ2n) is 5.89. The highest BCUT2D eigenvalue weighted by Crippen LogP contribution is 2.23. The molecule has 0 unspecified atom stereocenters. The van der Waals surface area contributed by atoms with Crippen LogP contribution >= 0.6 is 11.6 Å². The largest absolute Gasteiger partial charge is 0.381 e. The summed E-state index contributed by atoms with van der Waals surface area (Å²) >= 11 is 5.93.